The monoisotopic (exact) mass is 1270 g/mol. The Morgan fingerprint density at radius 2 is 0.837 bits per heavy atom. The van der Waals surface area contributed by atoms with Crippen molar-refractivity contribution in [1.29, 1.82) is 10.8 Å². The van der Waals surface area contributed by atoms with Gasteiger partial charge in [0.25, 0.3) is 23.6 Å². The first kappa shape index (κ1) is 69.5. The molecule has 4 atom stereocenters. The van der Waals surface area contributed by atoms with Crippen molar-refractivity contribution in [1.82, 2.24) is 36.9 Å². The fourth-order valence-electron chi connectivity index (χ4n) is 9.49. The number of nitrogens with one attached hydrogen (secondary N) is 13. The number of primary amides is 2. The van der Waals surface area contributed by atoms with Crippen LogP contribution in [0.3, 0.4) is 0 Å². The molecular weight excluding hydrogens is 1190 g/mol. The van der Waals surface area contributed by atoms with E-state index in [0.29, 0.717) is 12.0 Å². The molecule has 6 rings (SSSR count). The quantitative estimate of drug-likeness (QED) is 0.0159. The van der Waals surface area contributed by atoms with Gasteiger partial charge in [-0.25, -0.2) is 4.79 Å². The van der Waals surface area contributed by atoms with Crippen LogP contribution in [0.15, 0.2) is 103 Å². The zero-order valence-corrected chi connectivity index (χ0v) is 50.9. The van der Waals surface area contributed by atoms with E-state index >= 15 is 0 Å². The lowest BCUT2D eigenvalue weighted by molar-refractivity contribution is -0.118. The van der Waals surface area contributed by atoms with Crippen molar-refractivity contribution in [3.8, 4) is 23.0 Å². The fourth-order valence-corrected chi connectivity index (χ4v) is 9.49. The van der Waals surface area contributed by atoms with E-state index in [2.05, 4.69) is 58.2 Å². The van der Waals surface area contributed by atoms with Crippen molar-refractivity contribution in [2.24, 2.45) is 28.7 Å². The summed E-state index contributed by atoms with van der Waals surface area (Å²) in [6, 6.07) is 18.7. The molecule has 6 aromatic rings. The second kappa shape index (κ2) is 33.6. The Bertz CT molecular complexity index is 3710. The molecule has 1 heterocycles. The van der Waals surface area contributed by atoms with Gasteiger partial charge in [0.15, 0.2) is 11.9 Å². The summed E-state index contributed by atoms with van der Waals surface area (Å²) in [6.07, 6.45) is 2.64. The van der Waals surface area contributed by atoms with Gasteiger partial charge in [0.1, 0.15) is 41.1 Å². The number of para-hydroxylation sites is 1. The first-order chi connectivity index (χ1) is 44.0. The summed E-state index contributed by atoms with van der Waals surface area (Å²) >= 11 is 0. The van der Waals surface area contributed by atoms with E-state index in [1.165, 1.54) is 101 Å². The van der Waals surface area contributed by atoms with Crippen molar-refractivity contribution in [3.05, 3.63) is 131 Å². The minimum Gasteiger partial charge on any atom is -0.496 e. The van der Waals surface area contributed by atoms with Gasteiger partial charge in [0.2, 0.25) is 23.6 Å². The van der Waals surface area contributed by atoms with E-state index in [9.17, 15) is 43.2 Å². The molecule has 1 aromatic heterocycles. The second-order valence-corrected chi connectivity index (χ2v) is 20.6. The van der Waals surface area contributed by atoms with Gasteiger partial charge in [0, 0.05) is 65.9 Å². The summed E-state index contributed by atoms with van der Waals surface area (Å²) in [6.45, 7) is 0.494. The summed E-state index contributed by atoms with van der Waals surface area (Å²) in [7, 11) is 5.30. The van der Waals surface area contributed by atoms with Crippen LogP contribution >= 0.6 is 0 Å². The molecule has 0 aliphatic rings. The molecule has 0 aliphatic heterocycles. The lowest BCUT2D eigenvalue weighted by atomic mass is 10.0. The molecule has 0 bridgehead atoms. The highest BCUT2D eigenvalue weighted by molar-refractivity contribution is 6.08. The van der Waals surface area contributed by atoms with E-state index in [0.717, 1.165) is 10.9 Å². The minimum atomic E-state index is -1.32. The van der Waals surface area contributed by atoms with Crippen LogP contribution in [-0.4, -0.2) is 142 Å². The number of aromatic nitrogens is 1. The number of ether oxygens (including phenoxy) is 4. The molecule has 0 aliphatic carbocycles. The number of anilines is 4. The zero-order valence-electron chi connectivity index (χ0n) is 50.9. The summed E-state index contributed by atoms with van der Waals surface area (Å²) < 4.78 is 21.8. The van der Waals surface area contributed by atoms with Gasteiger partial charge >= 0.3 is 6.03 Å². The third-order valence-electron chi connectivity index (χ3n) is 14.1. The number of aromatic amines is 1. The van der Waals surface area contributed by atoms with Gasteiger partial charge in [-0.2, -0.15) is 0 Å². The van der Waals surface area contributed by atoms with Gasteiger partial charge in [-0.05, 0) is 123 Å². The molecule has 0 saturated heterocycles. The molecule has 5 aromatic carbocycles. The van der Waals surface area contributed by atoms with Crippen LogP contribution < -0.4 is 101 Å². The predicted molar refractivity (Wildman–Crippen MR) is 344 cm³/mol. The SMILES string of the molecule is COc1ccc(NC(=O)[C@@H](CCCNC(=N)N)NC(=O)c2cc(NC(=O)[C@@H](CCCNC(=N)N)NC(=O)c3cc(NC(=O)[C@@H](Cc4c[nH]c5ccccc45)NC(=O)c4cc(NC(=O)[C@H](N)CCCNC(N)=O)ccc4OC)ccc3OC)ccc2OC)cc1C(N)=O. The number of methoxy groups -OCH3 is 4. The van der Waals surface area contributed by atoms with Crippen molar-refractivity contribution in [3.63, 3.8) is 0 Å². The molecule has 92 heavy (non-hydrogen) atoms. The van der Waals surface area contributed by atoms with Gasteiger partial charge in [0.05, 0.1) is 56.7 Å². The van der Waals surface area contributed by atoms with E-state index in [4.69, 9.17) is 58.4 Å². The van der Waals surface area contributed by atoms with Crippen LogP contribution in [0.25, 0.3) is 10.9 Å². The average Bonchev–Trinajstić information content (AvgIpc) is 1.47. The predicted octanol–water partition coefficient (Wildman–Crippen LogP) is 2.00. The number of hydrogen-bond donors (Lipinski definition) is 18. The number of guanidine groups is 2. The molecule has 10 amide bonds. The van der Waals surface area contributed by atoms with Crippen LogP contribution in [-0.2, 0) is 25.6 Å². The molecular formula is C61H76N18O13. The molecule has 0 radical (unpaired) electrons. The summed E-state index contributed by atoms with van der Waals surface area (Å²) in [5, 5.41) is 42.8. The Kier molecular flexibility index (Phi) is 25.4. The maximum atomic E-state index is 14.6. The number of carbonyl (C=O) groups excluding carboxylic acids is 9. The van der Waals surface area contributed by atoms with Crippen LogP contribution in [0.4, 0.5) is 27.5 Å². The Balaban J connectivity index is 1.23. The average molecular weight is 1270 g/mol. The number of carbonyl (C=O) groups is 9. The molecule has 0 unspecified atom stereocenters. The summed E-state index contributed by atoms with van der Waals surface area (Å²) in [5.74, 6) is -6.26. The third kappa shape index (κ3) is 19.9. The van der Waals surface area contributed by atoms with Crippen LogP contribution in [0, 0.1) is 10.8 Å². The standard InChI is InChI=1S/C61H76N18O13/c1-89-47-19-15-33(27-38(47)51(63)80)74-56(85)44(13-8-23-69-59(64)65)77-52(81)39-29-35(17-21-48(39)90-2)75-57(86)45(14-9-24-70-60(66)67)78-53(82)40-30-36(18-22-49(40)91-3)76-58(87)46(26-32-31-72-43-12-6-5-10-37(32)43)79-54(83)41-28-34(16-20-50(41)92-4)73-55(84)42(62)11-7-25-71-61(68)88/h5-6,10,12,15-22,27-31,42,44-46,72H,7-9,11,13-14,23-26,62H2,1-4H3,(H2,63,80)(H,73,84)(H,74,85)(H,75,86)(H,76,87)(H,77,81)(H,78,82)(H,79,83)(H4,64,65,69)(H4,66,67,70)(H3,68,71,88)/t42-,44-,45-,46-/m1/s1. The normalized spacial score (nSPS) is 12.0. The molecule has 23 N–H and O–H groups in total. The summed E-state index contributed by atoms with van der Waals surface area (Å²) in [5.41, 5.74) is 29.3. The van der Waals surface area contributed by atoms with Crippen molar-refractivity contribution in [2.75, 3.05) is 69.3 Å². The number of nitrogens with two attached hydrogens (primary N) is 5. The second-order valence-electron chi connectivity index (χ2n) is 20.6. The smallest absolute Gasteiger partial charge is 0.312 e. The van der Waals surface area contributed by atoms with Crippen LogP contribution in [0.2, 0.25) is 0 Å². The Morgan fingerprint density at radius 3 is 1.25 bits per heavy atom. The number of H-pyrrole nitrogens is 1. The van der Waals surface area contributed by atoms with Gasteiger partial charge < -0.3 is 106 Å². The number of hydrogen-bond acceptors (Lipinski definition) is 16. The molecule has 0 fully saturated rings. The van der Waals surface area contributed by atoms with Gasteiger partial charge in [-0.1, -0.05) is 18.2 Å². The molecule has 488 valence electrons. The van der Waals surface area contributed by atoms with E-state index in [-0.39, 0.29) is 138 Å². The lowest BCUT2D eigenvalue weighted by Crippen LogP contribution is -2.45. The molecule has 31 nitrogen and oxygen atoms in total. The maximum Gasteiger partial charge on any atom is 0.312 e. The first-order valence-electron chi connectivity index (χ1n) is 28.7. The van der Waals surface area contributed by atoms with Gasteiger partial charge in [-0.15, -0.1) is 0 Å². The lowest BCUT2D eigenvalue weighted by Gasteiger charge is -2.22. The highest BCUT2D eigenvalue weighted by Gasteiger charge is 2.30. The third-order valence-corrected chi connectivity index (χ3v) is 14.1. The van der Waals surface area contributed by atoms with Crippen molar-refractivity contribution >= 4 is 98.9 Å². The number of amides is 10. The topological polar surface area (TPSA) is 504 Å². The Morgan fingerprint density at radius 1 is 0.467 bits per heavy atom. The molecule has 0 spiro atoms. The molecule has 0 saturated carbocycles. The van der Waals surface area contributed by atoms with Gasteiger partial charge in [-0.3, -0.25) is 49.2 Å². The van der Waals surface area contributed by atoms with Crippen LogP contribution in [0.5, 0.6) is 23.0 Å². The number of fused-ring (bicyclic) bond motifs is 1. The number of benzene rings is 5. The zero-order chi connectivity index (χ0) is 67.0. The largest absolute Gasteiger partial charge is 0.496 e. The first-order valence-corrected chi connectivity index (χ1v) is 28.7. The maximum absolute atomic E-state index is 14.6. The van der Waals surface area contributed by atoms with E-state index in [1.54, 1.807) is 6.20 Å². The minimum absolute atomic E-state index is 0.0125. The van der Waals surface area contributed by atoms with Crippen molar-refractivity contribution in [2.45, 2.75) is 69.1 Å². The Hall–Kier alpha value is -11.6. The van der Waals surface area contributed by atoms with E-state index < -0.39 is 77.5 Å². The van der Waals surface area contributed by atoms with Crippen LogP contribution in [0.1, 0.15) is 85.5 Å². The van der Waals surface area contributed by atoms with E-state index in [1.807, 2.05) is 24.3 Å². The number of urea groups is 1. The number of rotatable bonds is 33. The summed E-state index contributed by atoms with van der Waals surface area (Å²) in [4.78, 5) is 125. The highest BCUT2D eigenvalue weighted by atomic mass is 16.5. The molecule has 31 heteroatoms. The highest BCUT2D eigenvalue weighted by Crippen LogP contribution is 2.29. The fraction of sp³-hybridized carbons (Fsp3) is 0.295. The Labute approximate surface area is 528 Å². The van der Waals surface area contributed by atoms with Crippen molar-refractivity contribution < 1.29 is 62.1 Å².